The Bertz CT molecular complexity index is 519. The number of halogens is 2. The van der Waals surface area contributed by atoms with Crippen LogP contribution in [-0.2, 0) is 10.0 Å². The molecule has 0 unspecified atom stereocenters. The lowest BCUT2D eigenvalue weighted by atomic mass is 10.4. The lowest BCUT2D eigenvalue weighted by Gasteiger charge is -2.20. The summed E-state index contributed by atoms with van der Waals surface area (Å²) in [5.41, 5.74) is 0. The van der Waals surface area contributed by atoms with Gasteiger partial charge in [-0.1, -0.05) is 15.9 Å². The van der Waals surface area contributed by atoms with Gasteiger partial charge < -0.3 is 4.90 Å². The standard InChI is InChI=1S/C11H16Br2N2O2S2/c12-3-6-14-4-1-5-15(8-7-14)19(16,17)11-10(13)2-9-18-11/h2,9H,1,3-8H2. The summed E-state index contributed by atoms with van der Waals surface area (Å²) in [5, 5.41) is 2.72. The van der Waals surface area contributed by atoms with E-state index >= 15 is 0 Å². The molecule has 0 spiro atoms. The Morgan fingerprint density at radius 3 is 2.68 bits per heavy atom. The normalized spacial score (nSPS) is 19.5. The molecular weight excluding hydrogens is 416 g/mol. The predicted octanol–water partition coefficient (Wildman–Crippen LogP) is 2.60. The van der Waals surface area contributed by atoms with Crippen LogP contribution in [-0.4, -0.2) is 55.7 Å². The summed E-state index contributed by atoms with van der Waals surface area (Å²) in [6, 6.07) is 1.78. The molecule has 0 aliphatic carbocycles. The van der Waals surface area contributed by atoms with Gasteiger partial charge in [-0.2, -0.15) is 4.31 Å². The van der Waals surface area contributed by atoms with Crippen molar-refractivity contribution in [1.82, 2.24) is 9.21 Å². The molecule has 108 valence electrons. The molecule has 0 radical (unpaired) electrons. The maximum atomic E-state index is 12.6. The van der Waals surface area contributed by atoms with Crippen LogP contribution < -0.4 is 0 Å². The quantitative estimate of drug-likeness (QED) is 0.688. The highest BCUT2D eigenvalue weighted by atomic mass is 79.9. The van der Waals surface area contributed by atoms with E-state index in [0.29, 0.717) is 21.8 Å². The third-order valence-electron chi connectivity index (χ3n) is 3.11. The van der Waals surface area contributed by atoms with Crippen molar-refractivity contribution in [2.24, 2.45) is 0 Å². The average Bonchev–Trinajstić information content (AvgIpc) is 2.66. The fourth-order valence-electron chi connectivity index (χ4n) is 2.11. The molecule has 1 aliphatic heterocycles. The maximum absolute atomic E-state index is 12.6. The largest absolute Gasteiger partial charge is 0.301 e. The summed E-state index contributed by atoms with van der Waals surface area (Å²) < 4.78 is 27.8. The topological polar surface area (TPSA) is 40.6 Å². The van der Waals surface area contributed by atoms with Crippen molar-refractivity contribution in [1.29, 1.82) is 0 Å². The minimum atomic E-state index is -3.34. The maximum Gasteiger partial charge on any atom is 0.253 e. The third-order valence-corrected chi connectivity index (χ3v) is 8.01. The van der Waals surface area contributed by atoms with Crippen LogP contribution in [0.5, 0.6) is 0 Å². The van der Waals surface area contributed by atoms with Gasteiger partial charge in [0.1, 0.15) is 4.21 Å². The molecular formula is C11H16Br2N2O2S2. The molecule has 1 aromatic rings. The van der Waals surface area contributed by atoms with E-state index < -0.39 is 10.0 Å². The van der Waals surface area contributed by atoms with Gasteiger partial charge in [-0.05, 0) is 40.3 Å². The first-order valence-corrected chi connectivity index (χ1v) is 10.3. The summed E-state index contributed by atoms with van der Waals surface area (Å²) in [6.07, 6.45) is 0.884. The van der Waals surface area contributed by atoms with Crippen LogP contribution in [0.3, 0.4) is 0 Å². The number of nitrogens with zero attached hydrogens (tertiary/aromatic N) is 2. The van der Waals surface area contributed by atoms with E-state index in [1.54, 1.807) is 15.8 Å². The SMILES string of the molecule is O=S(=O)(c1sccc1Br)N1CCCN(CCBr)CC1. The zero-order chi connectivity index (χ0) is 13.9. The predicted molar refractivity (Wildman–Crippen MR) is 85.6 cm³/mol. The molecule has 0 N–H and O–H groups in total. The van der Waals surface area contributed by atoms with Crippen LogP contribution in [0.4, 0.5) is 0 Å². The molecule has 0 amide bonds. The Kier molecular flexibility index (Phi) is 5.86. The van der Waals surface area contributed by atoms with Crippen molar-refractivity contribution in [3.05, 3.63) is 15.9 Å². The first kappa shape index (κ1) is 15.9. The molecule has 8 heteroatoms. The lowest BCUT2D eigenvalue weighted by molar-refractivity contribution is 0.305. The fourth-order valence-corrected chi connectivity index (χ4v) is 6.53. The smallest absolute Gasteiger partial charge is 0.253 e. The van der Waals surface area contributed by atoms with Crippen molar-refractivity contribution in [2.75, 3.05) is 38.1 Å². The Labute approximate surface area is 135 Å². The summed E-state index contributed by atoms with van der Waals surface area (Å²) >= 11 is 8.01. The molecule has 0 saturated carbocycles. The third kappa shape index (κ3) is 3.79. The molecule has 1 aliphatic rings. The molecule has 0 atom stereocenters. The van der Waals surface area contributed by atoms with E-state index in [-0.39, 0.29) is 0 Å². The van der Waals surface area contributed by atoms with Crippen LogP contribution in [0.1, 0.15) is 6.42 Å². The van der Waals surface area contributed by atoms with Gasteiger partial charge in [-0.15, -0.1) is 11.3 Å². The second-order valence-electron chi connectivity index (χ2n) is 4.34. The van der Waals surface area contributed by atoms with Gasteiger partial charge in [0.15, 0.2) is 0 Å². The second-order valence-corrected chi connectivity index (χ2v) is 9.04. The molecule has 2 rings (SSSR count). The highest BCUT2D eigenvalue weighted by Gasteiger charge is 2.29. The molecule has 19 heavy (non-hydrogen) atoms. The minimum absolute atomic E-state index is 0.418. The van der Waals surface area contributed by atoms with E-state index in [1.165, 1.54) is 11.3 Å². The van der Waals surface area contributed by atoms with Crippen molar-refractivity contribution in [2.45, 2.75) is 10.6 Å². The second kappa shape index (κ2) is 7.00. The van der Waals surface area contributed by atoms with E-state index in [4.69, 9.17) is 0 Å². The Morgan fingerprint density at radius 2 is 2.05 bits per heavy atom. The first-order chi connectivity index (χ1) is 9.05. The van der Waals surface area contributed by atoms with E-state index in [1.807, 2.05) is 0 Å². The summed E-state index contributed by atoms with van der Waals surface area (Å²) in [4.78, 5) is 2.30. The Hall–Kier alpha value is 0.530. The van der Waals surface area contributed by atoms with Crippen LogP contribution in [0, 0.1) is 0 Å². The van der Waals surface area contributed by atoms with Gasteiger partial charge >= 0.3 is 0 Å². The van der Waals surface area contributed by atoms with E-state index in [2.05, 4.69) is 36.8 Å². The van der Waals surface area contributed by atoms with Crippen LogP contribution >= 0.6 is 43.2 Å². The van der Waals surface area contributed by atoms with Crippen LogP contribution in [0.15, 0.2) is 20.1 Å². The van der Waals surface area contributed by atoms with Gasteiger partial charge in [-0.3, -0.25) is 0 Å². The Balaban J connectivity index is 2.12. The van der Waals surface area contributed by atoms with Gasteiger partial charge in [0.25, 0.3) is 10.0 Å². The zero-order valence-electron chi connectivity index (χ0n) is 10.4. The number of hydrogen-bond acceptors (Lipinski definition) is 4. The average molecular weight is 432 g/mol. The molecule has 4 nitrogen and oxygen atoms in total. The van der Waals surface area contributed by atoms with Gasteiger partial charge in [0, 0.05) is 36.0 Å². The summed E-state index contributed by atoms with van der Waals surface area (Å²) in [6.45, 7) is 3.90. The lowest BCUT2D eigenvalue weighted by Crippen LogP contribution is -2.35. The molecule has 1 fully saturated rings. The minimum Gasteiger partial charge on any atom is -0.301 e. The summed E-state index contributed by atoms with van der Waals surface area (Å²) in [7, 11) is -3.34. The molecule has 1 saturated heterocycles. The highest BCUT2D eigenvalue weighted by molar-refractivity contribution is 9.10. The van der Waals surface area contributed by atoms with Crippen molar-refractivity contribution in [3.63, 3.8) is 0 Å². The molecule has 2 heterocycles. The molecule has 0 bridgehead atoms. The summed E-state index contributed by atoms with van der Waals surface area (Å²) in [5.74, 6) is 0. The van der Waals surface area contributed by atoms with E-state index in [0.717, 1.165) is 31.4 Å². The molecule has 1 aromatic heterocycles. The highest BCUT2D eigenvalue weighted by Crippen LogP contribution is 2.30. The number of hydrogen-bond donors (Lipinski definition) is 0. The fraction of sp³-hybridized carbons (Fsp3) is 0.636. The van der Waals surface area contributed by atoms with Crippen molar-refractivity contribution >= 4 is 53.2 Å². The zero-order valence-corrected chi connectivity index (χ0v) is 15.2. The van der Waals surface area contributed by atoms with Crippen LogP contribution in [0.2, 0.25) is 0 Å². The monoisotopic (exact) mass is 430 g/mol. The van der Waals surface area contributed by atoms with Crippen molar-refractivity contribution < 1.29 is 8.42 Å². The van der Waals surface area contributed by atoms with Crippen molar-refractivity contribution in [3.8, 4) is 0 Å². The number of alkyl halides is 1. The van der Waals surface area contributed by atoms with Gasteiger partial charge in [-0.25, -0.2) is 8.42 Å². The van der Waals surface area contributed by atoms with Gasteiger partial charge in [0.2, 0.25) is 0 Å². The van der Waals surface area contributed by atoms with E-state index in [9.17, 15) is 8.42 Å². The first-order valence-electron chi connectivity index (χ1n) is 6.07. The van der Waals surface area contributed by atoms with Crippen LogP contribution in [0.25, 0.3) is 0 Å². The molecule has 0 aromatic carbocycles. The number of thiophene rings is 1. The number of rotatable bonds is 4. The Morgan fingerprint density at radius 1 is 1.26 bits per heavy atom. The van der Waals surface area contributed by atoms with Gasteiger partial charge in [0.05, 0.1) is 0 Å². The number of sulfonamides is 1.